The lowest BCUT2D eigenvalue weighted by Gasteiger charge is -2.16. The highest BCUT2D eigenvalue weighted by molar-refractivity contribution is 5.98. The maximum Gasteiger partial charge on any atom is 0.335 e. The van der Waals surface area contributed by atoms with E-state index in [-0.39, 0.29) is 11.6 Å². The van der Waals surface area contributed by atoms with Gasteiger partial charge in [0.15, 0.2) is 12.1 Å². The number of ether oxygens (including phenoxy) is 3. The Bertz CT molecular complexity index is 862. The summed E-state index contributed by atoms with van der Waals surface area (Å²) in [7, 11) is 2.82. The second-order valence-corrected chi connectivity index (χ2v) is 5.52. The van der Waals surface area contributed by atoms with E-state index < -0.39 is 23.0 Å². The second-order valence-electron chi connectivity index (χ2n) is 5.52. The van der Waals surface area contributed by atoms with Crippen molar-refractivity contribution in [3.63, 3.8) is 0 Å². The third kappa shape index (κ3) is 3.34. The van der Waals surface area contributed by atoms with Crippen LogP contribution in [0.15, 0.2) is 53.5 Å². The van der Waals surface area contributed by atoms with Crippen molar-refractivity contribution in [3.05, 3.63) is 69.8 Å². The number of non-ortho nitro benzene ring substituents is 1. The summed E-state index contributed by atoms with van der Waals surface area (Å²) >= 11 is 0. The average molecular weight is 356 g/mol. The molecule has 0 aliphatic carbocycles. The zero-order valence-corrected chi connectivity index (χ0v) is 14.1. The van der Waals surface area contributed by atoms with Gasteiger partial charge in [-0.05, 0) is 24.3 Å². The van der Waals surface area contributed by atoms with E-state index in [1.165, 1.54) is 25.3 Å². The molecule has 1 aliphatic heterocycles. The van der Waals surface area contributed by atoms with E-state index in [1.54, 1.807) is 37.4 Å². The van der Waals surface area contributed by atoms with Crippen molar-refractivity contribution < 1.29 is 23.9 Å². The van der Waals surface area contributed by atoms with Crippen LogP contribution >= 0.6 is 0 Å². The summed E-state index contributed by atoms with van der Waals surface area (Å²) in [6.07, 6.45) is -0.806. The van der Waals surface area contributed by atoms with Gasteiger partial charge in [0.05, 0.1) is 19.1 Å². The van der Waals surface area contributed by atoms with Crippen LogP contribution in [-0.4, -0.2) is 37.1 Å². The van der Waals surface area contributed by atoms with Gasteiger partial charge in [-0.3, -0.25) is 10.1 Å². The van der Waals surface area contributed by atoms with E-state index in [0.29, 0.717) is 16.9 Å². The summed E-state index contributed by atoms with van der Waals surface area (Å²) in [6, 6.07) is 12.0. The van der Waals surface area contributed by atoms with Crippen molar-refractivity contribution >= 4 is 17.6 Å². The first-order valence-electron chi connectivity index (χ1n) is 7.74. The summed E-state index contributed by atoms with van der Waals surface area (Å²) in [6.45, 7) is 0. The molecule has 1 heterocycles. The lowest BCUT2D eigenvalue weighted by Crippen LogP contribution is -2.25. The molecule has 0 bridgehead atoms. The summed E-state index contributed by atoms with van der Waals surface area (Å²) in [5, 5.41) is 11.0. The predicted octanol–water partition coefficient (Wildman–Crippen LogP) is 2.66. The van der Waals surface area contributed by atoms with Crippen LogP contribution in [0, 0.1) is 10.1 Å². The summed E-state index contributed by atoms with van der Waals surface area (Å²) in [5.74, 6) is 0.358. The Morgan fingerprint density at radius 1 is 1.19 bits per heavy atom. The number of esters is 1. The number of nitro benzene ring substituents is 1. The first-order chi connectivity index (χ1) is 12.5. The van der Waals surface area contributed by atoms with E-state index >= 15 is 0 Å². The van der Waals surface area contributed by atoms with Gasteiger partial charge in [0.2, 0.25) is 5.90 Å². The molecular formula is C18H16N2O6. The fourth-order valence-electron chi connectivity index (χ4n) is 2.65. The Hall–Kier alpha value is -3.42. The normalized spacial score (nSPS) is 18.6. The van der Waals surface area contributed by atoms with Crippen LogP contribution in [0.25, 0.3) is 0 Å². The Morgan fingerprint density at radius 2 is 1.92 bits per heavy atom. The van der Waals surface area contributed by atoms with Crippen molar-refractivity contribution in [3.8, 4) is 5.75 Å². The summed E-state index contributed by atoms with van der Waals surface area (Å²) in [4.78, 5) is 27.0. The standard InChI is InChI=1S/C18H16N2O6/c1-24-14-8-6-11(7-9-14)17-19-15(18(21)25-2)16(26-17)12-4-3-5-13(10-12)20(22)23/h3-10,15-16H,1-2H3/t15-,16+/m0/s1. The van der Waals surface area contributed by atoms with Gasteiger partial charge in [-0.2, -0.15) is 0 Å². The number of nitrogens with zero attached hydrogens (tertiary/aromatic N) is 2. The topological polar surface area (TPSA) is 100 Å². The number of nitro groups is 1. The molecule has 134 valence electrons. The molecule has 0 amide bonds. The minimum Gasteiger partial charge on any atom is -0.497 e. The monoisotopic (exact) mass is 356 g/mol. The smallest absolute Gasteiger partial charge is 0.335 e. The van der Waals surface area contributed by atoms with E-state index in [1.807, 2.05) is 0 Å². The molecule has 0 saturated carbocycles. The van der Waals surface area contributed by atoms with Gasteiger partial charge in [0.1, 0.15) is 5.75 Å². The van der Waals surface area contributed by atoms with Crippen molar-refractivity contribution in [1.29, 1.82) is 0 Å². The molecule has 0 radical (unpaired) electrons. The van der Waals surface area contributed by atoms with Crippen LogP contribution < -0.4 is 4.74 Å². The highest BCUT2D eigenvalue weighted by Gasteiger charge is 2.39. The van der Waals surface area contributed by atoms with Gasteiger partial charge >= 0.3 is 5.97 Å². The Morgan fingerprint density at radius 3 is 2.54 bits per heavy atom. The van der Waals surface area contributed by atoms with Gasteiger partial charge in [0, 0.05) is 23.3 Å². The molecular weight excluding hydrogens is 340 g/mol. The summed E-state index contributed by atoms with van der Waals surface area (Å²) in [5.41, 5.74) is 1.04. The number of methoxy groups -OCH3 is 2. The largest absolute Gasteiger partial charge is 0.497 e. The zero-order chi connectivity index (χ0) is 18.7. The molecule has 3 rings (SSSR count). The highest BCUT2D eigenvalue weighted by Crippen LogP contribution is 2.33. The van der Waals surface area contributed by atoms with Gasteiger partial charge in [0.25, 0.3) is 5.69 Å². The lowest BCUT2D eigenvalue weighted by molar-refractivity contribution is -0.385. The van der Waals surface area contributed by atoms with Crippen LogP contribution in [0.3, 0.4) is 0 Å². The first kappa shape index (κ1) is 17.4. The molecule has 2 aromatic carbocycles. The number of hydrogen-bond donors (Lipinski definition) is 0. The molecule has 0 aromatic heterocycles. The molecule has 0 N–H and O–H groups in total. The number of hydrogen-bond acceptors (Lipinski definition) is 7. The molecule has 26 heavy (non-hydrogen) atoms. The van der Waals surface area contributed by atoms with Crippen molar-refractivity contribution in [1.82, 2.24) is 0 Å². The van der Waals surface area contributed by atoms with E-state index in [2.05, 4.69) is 4.99 Å². The lowest BCUT2D eigenvalue weighted by atomic mass is 10.0. The molecule has 8 nitrogen and oxygen atoms in total. The minimum absolute atomic E-state index is 0.0902. The third-order valence-electron chi connectivity index (χ3n) is 3.97. The molecule has 2 atom stereocenters. The van der Waals surface area contributed by atoms with E-state index in [4.69, 9.17) is 14.2 Å². The number of benzene rings is 2. The molecule has 1 aliphatic rings. The fraction of sp³-hybridized carbons (Fsp3) is 0.222. The number of aliphatic imine (C=N–C) groups is 1. The predicted molar refractivity (Wildman–Crippen MR) is 92.3 cm³/mol. The van der Waals surface area contributed by atoms with Crippen LogP contribution in [0.4, 0.5) is 5.69 Å². The third-order valence-corrected chi connectivity index (χ3v) is 3.97. The number of carbonyl (C=O) groups excluding carboxylic acids is 1. The van der Waals surface area contributed by atoms with Crippen LogP contribution in [0.5, 0.6) is 5.75 Å². The maximum absolute atomic E-state index is 12.1. The van der Waals surface area contributed by atoms with Crippen LogP contribution in [0.2, 0.25) is 0 Å². The van der Waals surface area contributed by atoms with Crippen LogP contribution in [-0.2, 0) is 14.3 Å². The quantitative estimate of drug-likeness (QED) is 0.464. The second kappa shape index (κ2) is 7.22. The molecule has 0 unspecified atom stereocenters. The van der Waals surface area contributed by atoms with Crippen molar-refractivity contribution in [2.75, 3.05) is 14.2 Å². The molecule has 8 heteroatoms. The summed E-state index contributed by atoms with van der Waals surface area (Å²) < 4.78 is 15.8. The van der Waals surface area contributed by atoms with Gasteiger partial charge in [-0.25, -0.2) is 9.79 Å². The van der Waals surface area contributed by atoms with Gasteiger partial charge < -0.3 is 14.2 Å². The van der Waals surface area contributed by atoms with Gasteiger partial charge in [-0.1, -0.05) is 12.1 Å². The molecule has 0 fully saturated rings. The Balaban J connectivity index is 1.94. The number of carbonyl (C=O) groups is 1. The molecule has 0 saturated heterocycles. The minimum atomic E-state index is -0.945. The van der Waals surface area contributed by atoms with Crippen molar-refractivity contribution in [2.45, 2.75) is 12.1 Å². The van der Waals surface area contributed by atoms with E-state index in [0.717, 1.165) is 0 Å². The Labute approximate surface area is 149 Å². The molecule has 2 aromatic rings. The SMILES string of the molecule is COC(=O)[C@H]1N=C(c2ccc(OC)cc2)O[C@@H]1c1cccc([N+](=O)[O-])c1. The number of rotatable bonds is 5. The van der Waals surface area contributed by atoms with Gasteiger partial charge in [-0.15, -0.1) is 0 Å². The fourth-order valence-corrected chi connectivity index (χ4v) is 2.65. The average Bonchev–Trinajstić information content (AvgIpc) is 3.13. The Kier molecular flexibility index (Phi) is 4.83. The molecule has 0 spiro atoms. The highest BCUT2D eigenvalue weighted by atomic mass is 16.6. The first-order valence-corrected chi connectivity index (χ1v) is 7.74. The zero-order valence-electron chi connectivity index (χ0n) is 14.1. The van der Waals surface area contributed by atoms with Crippen molar-refractivity contribution in [2.24, 2.45) is 4.99 Å². The van der Waals surface area contributed by atoms with E-state index in [9.17, 15) is 14.9 Å². The van der Waals surface area contributed by atoms with Crippen LogP contribution in [0.1, 0.15) is 17.2 Å². The maximum atomic E-state index is 12.1.